The summed E-state index contributed by atoms with van der Waals surface area (Å²) in [5.41, 5.74) is 3.67. The number of hydrogen-bond acceptors (Lipinski definition) is 3. The van der Waals surface area contributed by atoms with Crippen molar-refractivity contribution in [3.63, 3.8) is 0 Å². The van der Waals surface area contributed by atoms with Crippen molar-refractivity contribution < 1.29 is 9.15 Å². The maximum absolute atomic E-state index is 12.6. The monoisotopic (exact) mass is 424 g/mol. The van der Waals surface area contributed by atoms with Crippen LogP contribution in [0.15, 0.2) is 75.9 Å². The molecule has 0 aliphatic carbocycles. The third-order valence-electron chi connectivity index (χ3n) is 4.89. The lowest BCUT2D eigenvalue weighted by atomic mass is 10.00. The number of hydrogen-bond donors (Lipinski definition) is 0. The highest BCUT2D eigenvalue weighted by molar-refractivity contribution is 6.35. The molecule has 0 amide bonds. The molecule has 1 aromatic heterocycles. The summed E-state index contributed by atoms with van der Waals surface area (Å²) >= 11 is 12.1. The molecule has 0 aliphatic rings. The molecule has 0 atom stereocenters. The second-order valence-corrected chi connectivity index (χ2v) is 7.68. The van der Waals surface area contributed by atoms with Crippen LogP contribution in [0.3, 0.4) is 0 Å². The number of aryl methyl sites for hydroxylation is 1. The Morgan fingerprint density at radius 1 is 0.966 bits per heavy atom. The topological polar surface area (TPSA) is 39.4 Å². The number of rotatable bonds is 5. The summed E-state index contributed by atoms with van der Waals surface area (Å²) in [6.45, 7) is 2.24. The highest BCUT2D eigenvalue weighted by Crippen LogP contribution is 2.27. The zero-order chi connectivity index (χ0) is 20.4. The van der Waals surface area contributed by atoms with Gasteiger partial charge in [0.2, 0.25) is 0 Å². The van der Waals surface area contributed by atoms with Crippen molar-refractivity contribution >= 4 is 34.2 Å². The molecule has 146 valence electrons. The first kappa shape index (κ1) is 19.6. The van der Waals surface area contributed by atoms with Crippen molar-refractivity contribution in [2.24, 2.45) is 0 Å². The van der Waals surface area contributed by atoms with Gasteiger partial charge in [0, 0.05) is 39.0 Å². The van der Waals surface area contributed by atoms with Crippen LogP contribution in [-0.2, 0) is 13.0 Å². The fourth-order valence-electron chi connectivity index (χ4n) is 3.27. The molecule has 0 radical (unpaired) electrons. The highest BCUT2D eigenvalue weighted by atomic mass is 35.5. The Morgan fingerprint density at radius 3 is 2.52 bits per heavy atom. The van der Waals surface area contributed by atoms with Crippen molar-refractivity contribution in [3.8, 4) is 5.75 Å². The van der Waals surface area contributed by atoms with E-state index in [0.717, 1.165) is 22.1 Å². The molecule has 0 N–H and O–H groups in total. The van der Waals surface area contributed by atoms with Crippen LogP contribution in [0, 0.1) is 6.92 Å². The third kappa shape index (κ3) is 4.31. The van der Waals surface area contributed by atoms with Crippen LogP contribution in [0.25, 0.3) is 11.0 Å². The minimum atomic E-state index is -0.322. The lowest BCUT2D eigenvalue weighted by Gasteiger charge is -2.11. The Kier molecular flexibility index (Phi) is 5.61. The minimum Gasteiger partial charge on any atom is -0.489 e. The van der Waals surface area contributed by atoms with Gasteiger partial charge in [-0.25, -0.2) is 4.79 Å². The molecule has 0 saturated carbocycles. The summed E-state index contributed by atoms with van der Waals surface area (Å²) in [7, 11) is 0. The first-order valence-electron chi connectivity index (χ1n) is 9.18. The molecule has 3 aromatic carbocycles. The Balaban J connectivity index is 1.61. The molecular formula is C24H18Cl2O3. The summed E-state index contributed by atoms with van der Waals surface area (Å²) in [6.07, 6.45) is 0.540. The summed E-state index contributed by atoms with van der Waals surface area (Å²) in [5.74, 6) is 0.599. The zero-order valence-corrected chi connectivity index (χ0v) is 17.3. The largest absolute Gasteiger partial charge is 0.489 e. The van der Waals surface area contributed by atoms with Gasteiger partial charge in [-0.2, -0.15) is 0 Å². The maximum Gasteiger partial charge on any atom is 0.340 e. The average molecular weight is 425 g/mol. The number of halogens is 2. The van der Waals surface area contributed by atoms with Gasteiger partial charge >= 0.3 is 5.63 Å². The number of ether oxygens (including phenoxy) is 1. The summed E-state index contributed by atoms with van der Waals surface area (Å²) < 4.78 is 11.4. The normalized spacial score (nSPS) is 11.0. The van der Waals surface area contributed by atoms with Gasteiger partial charge in [0.15, 0.2) is 0 Å². The SMILES string of the molecule is Cc1c(Cc2ccccc2)c(=O)oc2cc(OCc3ccc(Cl)cc3Cl)ccc12. The molecule has 0 unspecified atom stereocenters. The van der Waals surface area contributed by atoms with Crippen molar-refractivity contribution in [1.82, 2.24) is 0 Å². The van der Waals surface area contributed by atoms with E-state index in [-0.39, 0.29) is 12.2 Å². The molecule has 0 spiro atoms. The molecule has 5 heteroatoms. The molecule has 4 aromatic rings. The molecule has 0 bridgehead atoms. The highest BCUT2D eigenvalue weighted by Gasteiger charge is 2.13. The van der Waals surface area contributed by atoms with Gasteiger partial charge in [0.05, 0.1) is 0 Å². The van der Waals surface area contributed by atoms with E-state index in [0.29, 0.717) is 33.4 Å². The molecule has 4 rings (SSSR count). The van der Waals surface area contributed by atoms with Crippen LogP contribution in [0.4, 0.5) is 0 Å². The third-order valence-corrected chi connectivity index (χ3v) is 5.48. The van der Waals surface area contributed by atoms with Crippen LogP contribution < -0.4 is 10.4 Å². The van der Waals surface area contributed by atoms with Crippen LogP contribution in [0.5, 0.6) is 5.75 Å². The van der Waals surface area contributed by atoms with Gasteiger partial charge in [-0.15, -0.1) is 0 Å². The molecule has 29 heavy (non-hydrogen) atoms. The van der Waals surface area contributed by atoms with E-state index in [1.807, 2.05) is 55.5 Å². The fraction of sp³-hybridized carbons (Fsp3) is 0.125. The van der Waals surface area contributed by atoms with E-state index in [2.05, 4.69) is 0 Å². The zero-order valence-electron chi connectivity index (χ0n) is 15.7. The quantitative estimate of drug-likeness (QED) is 0.339. The van der Waals surface area contributed by atoms with Gasteiger partial charge in [-0.05, 0) is 42.3 Å². The first-order chi connectivity index (χ1) is 14.0. The Hall–Kier alpha value is -2.75. The number of fused-ring (bicyclic) bond motifs is 1. The fourth-order valence-corrected chi connectivity index (χ4v) is 3.73. The molecule has 0 fully saturated rings. The molecule has 3 nitrogen and oxygen atoms in total. The predicted octanol–water partition coefficient (Wildman–Crippen LogP) is 6.58. The van der Waals surface area contributed by atoms with E-state index in [4.69, 9.17) is 32.4 Å². The minimum absolute atomic E-state index is 0.289. The van der Waals surface area contributed by atoms with Crippen LogP contribution in [-0.4, -0.2) is 0 Å². The Bertz CT molecular complexity index is 1230. The summed E-state index contributed by atoms with van der Waals surface area (Å²) in [6, 6.07) is 20.7. The van der Waals surface area contributed by atoms with Crippen LogP contribution >= 0.6 is 23.2 Å². The summed E-state index contributed by atoms with van der Waals surface area (Å²) in [4.78, 5) is 12.6. The van der Waals surface area contributed by atoms with E-state index >= 15 is 0 Å². The second-order valence-electron chi connectivity index (χ2n) is 6.84. The van der Waals surface area contributed by atoms with Gasteiger partial charge in [-0.3, -0.25) is 0 Å². The van der Waals surface area contributed by atoms with Crippen LogP contribution in [0.2, 0.25) is 10.0 Å². The first-order valence-corrected chi connectivity index (χ1v) is 9.94. The Morgan fingerprint density at radius 2 is 1.76 bits per heavy atom. The Labute approximate surface area is 178 Å². The molecule has 0 aliphatic heterocycles. The van der Waals surface area contributed by atoms with Crippen molar-refractivity contribution in [3.05, 3.63) is 109 Å². The van der Waals surface area contributed by atoms with Crippen molar-refractivity contribution in [1.29, 1.82) is 0 Å². The van der Waals surface area contributed by atoms with Crippen molar-refractivity contribution in [2.45, 2.75) is 20.0 Å². The lowest BCUT2D eigenvalue weighted by molar-refractivity contribution is 0.306. The average Bonchev–Trinajstić information content (AvgIpc) is 2.71. The van der Waals surface area contributed by atoms with E-state index < -0.39 is 0 Å². The molecular weight excluding hydrogens is 407 g/mol. The molecule has 0 saturated heterocycles. The predicted molar refractivity (Wildman–Crippen MR) is 117 cm³/mol. The van der Waals surface area contributed by atoms with Crippen LogP contribution in [0.1, 0.15) is 22.3 Å². The molecule has 1 heterocycles. The van der Waals surface area contributed by atoms with Gasteiger partial charge in [0.1, 0.15) is 17.9 Å². The number of benzene rings is 3. The van der Waals surface area contributed by atoms with E-state index in [9.17, 15) is 4.79 Å². The standard InChI is InChI=1S/C24H18Cl2O3/c1-15-20-10-9-19(28-14-17-7-8-18(25)12-22(17)26)13-23(20)29-24(27)21(15)11-16-5-3-2-4-6-16/h2-10,12-13H,11,14H2,1H3. The maximum atomic E-state index is 12.6. The van der Waals surface area contributed by atoms with Gasteiger partial charge in [-0.1, -0.05) is 59.6 Å². The smallest absolute Gasteiger partial charge is 0.340 e. The van der Waals surface area contributed by atoms with Crippen molar-refractivity contribution in [2.75, 3.05) is 0 Å². The van der Waals surface area contributed by atoms with Gasteiger partial charge in [0.25, 0.3) is 0 Å². The lowest BCUT2D eigenvalue weighted by Crippen LogP contribution is -2.11. The summed E-state index contributed by atoms with van der Waals surface area (Å²) in [5, 5.41) is 2.02. The second kappa shape index (κ2) is 8.32. The van der Waals surface area contributed by atoms with E-state index in [1.54, 1.807) is 18.2 Å². The van der Waals surface area contributed by atoms with Gasteiger partial charge < -0.3 is 9.15 Å². The van der Waals surface area contributed by atoms with E-state index in [1.165, 1.54) is 0 Å².